The summed E-state index contributed by atoms with van der Waals surface area (Å²) in [5, 5.41) is 0. The van der Waals surface area contributed by atoms with Gasteiger partial charge in [-0.3, -0.25) is 0 Å². The normalized spacial score (nSPS) is 3.25. The first-order chi connectivity index (χ1) is 1.41. The van der Waals surface area contributed by atoms with Crippen LogP contribution in [0.1, 0.15) is 0 Å². The molecular formula is CH2FeS2. The van der Waals surface area contributed by atoms with E-state index in [4.69, 9.17) is 0 Å². The quantitative estimate of drug-likeness (QED) is 0.291. The van der Waals surface area contributed by atoms with Gasteiger partial charge in [0.05, 0.1) is 0 Å². The van der Waals surface area contributed by atoms with Crippen molar-refractivity contribution in [3.63, 3.8) is 0 Å². The number of hydrogen-bond donors (Lipinski definition) is 1. The maximum absolute atomic E-state index is 4.13. The molecule has 3 heteroatoms. The van der Waals surface area contributed by atoms with E-state index in [1.807, 2.05) is 0 Å². The maximum Gasteiger partial charge on any atom is 0.0310 e. The molecule has 0 N–H and O–H groups in total. The van der Waals surface area contributed by atoms with E-state index in [0.29, 0.717) is 0 Å². The van der Waals surface area contributed by atoms with Crippen molar-refractivity contribution >= 4 is 29.5 Å². The Labute approximate surface area is 46.8 Å². The van der Waals surface area contributed by atoms with Gasteiger partial charge < -0.3 is 0 Å². The third-order valence-electron chi connectivity index (χ3n) is 0. The van der Waals surface area contributed by atoms with Gasteiger partial charge in [0.1, 0.15) is 0 Å². The van der Waals surface area contributed by atoms with Crippen molar-refractivity contribution in [2.45, 2.75) is 0 Å². The zero-order valence-corrected chi connectivity index (χ0v) is 4.60. The summed E-state index contributed by atoms with van der Waals surface area (Å²) in [6.45, 7) is 0. The van der Waals surface area contributed by atoms with Gasteiger partial charge in [-0.05, 0) is 0 Å². The minimum Gasteiger partial charge on any atom is -0.140 e. The molecule has 0 saturated carbocycles. The van der Waals surface area contributed by atoms with Crippen LogP contribution in [0.15, 0.2) is 0 Å². The van der Waals surface area contributed by atoms with Gasteiger partial charge in [-0.2, -0.15) is 0 Å². The van der Waals surface area contributed by atoms with Crippen LogP contribution < -0.4 is 0 Å². The molecule has 0 aliphatic heterocycles. The summed E-state index contributed by atoms with van der Waals surface area (Å²) in [5.74, 6) is 0. The van der Waals surface area contributed by atoms with Gasteiger partial charge in [0.2, 0.25) is 0 Å². The van der Waals surface area contributed by atoms with Crippen molar-refractivity contribution < 1.29 is 17.1 Å². The van der Waals surface area contributed by atoms with Crippen LogP contribution in [-0.2, 0) is 17.1 Å². The second kappa shape index (κ2) is 9.03. The van der Waals surface area contributed by atoms with E-state index in [9.17, 15) is 0 Å². The SMILES string of the molecule is S=CS.[Fe]. The smallest absolute Gasteiger partial charge is 0.0310 e. The summed E-state index contributed by atoms with van der Waals surface area (Å²) in [7, 11) is 0. The van der Waals surface area contributed by atoms with Gasteiger partial charge in [0.15, 0.2) is 0 Å². The molecular weight excluding hydrogens is 132 g/mol. The van der Waals surface area contributed by atoms with Gasteiger partial charge in [-0.1, -0.05) is 12.2 Å². The minimum atomic E-state index is 0. The van der Waals surface area contributed by atoms with E-state index < -0.39 is 0 Å². The molecule has 0 atom stereocenters. The average Bonchev–Trinajstić information content (AvgIpc) is 0.918. The van der Waals surface area contributed by atoms with E-state index in [0.717, 1.165) is 0 Å². The molecule has 0 spiro atoms. The van der Waals surface area contributed by atoms with Crippen molar-refractivity contribution in [1.82, 2.24) is 0 Å². The Hall–Kier alpha value is 0.959. The summed E-state index contributed by atoms with van der Waals surface area (Å²) >= 11 is 7.61. The van der Waals surface area contributed by atoms with Crippen LogP contribution in [0, 0.1) is 0 Å². The molecule has 4 heavy (non-hydrogen) atoms. The molecule has 0 unspecified atom stereocenters. The van der Waals surface area contributed by atoms with Gasteiger partial charge >= 0.3 is 0 Å². The van der Waals surface area contributed by atoms with Crippen LogP contribution in [0.4, 0.5) is 0 Å². The van der Waals surface area contributed by atoms with E-state index in [-0.39, 0.29) is 17.1 Å². The molecule has 0 aromatic heterocycles. The molecule has 0 aliphatic rings. The number of hydrogen-bond acceptors (Lipinski definition) is 1. The Morgan fingerprint density at radius 1 is 1.75 bits per heavy atom. The summed E-state index contributed by atoms with van der Waals surface area (Å²) in [6, 6.07) is 0. The van der Waals surface area contributed by atoms with Gasteiger partial charge in [-0.15, -0.1) is 12.6 Å². The summed E-state index contributed by atoms with van der Waals surface area (Å²) in [4.78, 5) is 0. The Morgan fingerprint density at radius 2 is 1.75 bits per heavy atom. The second-order valence-corrected chi connectivity index (χ2v) is 0.949. The molecule has 0 radical (unpaired) electrons. The Morgan fingerprint density at radius 3 is 1.75 bits per heavy atom. The predicted octanol–water partition coefficient (Wildman–Crippen LogP) is 0.871. The molecule has 0 aromatic rings. The maximum atomic E-state index is 4.13. The first kappa shape index (κ1) is 8.88. The fourth-order valence-electron chi connectivity index (χ4n) is 0. The third-order valence-corrected chi connectivity index (χ3v) is 0. The average molecular weight is 134 g/mol. The molecule has 0 rings (SSSR count). The third kappa shape index (κ3) is 12.3. The van der Waals surface area contributed by atoms with Crippen LogP contribution in [0.2, 0.25) is 0 Å². The fourth-order valence-corrected chi connectivity index (χ4v) is 0. The van der Waals surface area contributed by atoms with E-state index in [1.165, 1.54) is 4.70 Å². The molecule has 0 nitrogen and oxygen atoms in total. The molecule has 0 heterocycles. The standard InChI is InChI=1S/CH2S2.Fe/c2-1-3;/h1H,(H,2,3);. The largest absolute Gasteiger partial charge is 0.140 e. The Bertz CT molecular complexity index is 13.5. The molecule has 0 bridgehead atoms. The fraction of sp³-hybridized carbons (Fsp3) is 0. The van der Waals surface area contributed by atoms with E-state index in [2.05, 4.69) is 24.8 Å². The summed E-state index contributed by atoms with van der Waals surface area (Å²) in [6.07, 6.45) is 0. The molecule has 0 aromatic carbocycles. The molecule has 0 aliphatic carbocycles. The molecule has 0 fully saturated rings. The first-order valence-electron chi connectivity index (χ1n) is 0.494. The second-order valence-electron chi connectivity index (χ2n) is 0.105. The van der Waals surface area contributed by atoms with Crippen molar-refractivity contribution in [3.05, 3.63) is 0 Å². The molecule has 26 valence electrons. The van der Waals surface area contributed by atoms with Crippen LogP contribution in [0.5, 0.6) is 0 Å². The predicted molar refractivity (Wildman–Crippen MR) is 22.6 cm³/mol. The number of thiol groups is 1. The summed E-state index contributed by atoms with van der Waals surface area (Å²) in [5.41, 5.74) is 0. The zero-order chi connectivity index (χ0) is 2.71. The monoisotopic (exact) mass is 134 g/mol. The molecule has 0 amide bonds. The zero-order valence-electron chi connectivity index (χ0n) is 1.79. The Kier molecular flexibility index (Phi) is 20.0. The van der Waals surface area contributed by atoms with Crippen LogP contribution >= 0.6 is 24.8 Å². The van der Waals surface area contributed by atoms with Gasteiger partial charge in [-0.25, -0.2) is 0 Å². The van der Waals surface area contributed by atoms with Crippen molar-refractivity contribution in [1.29, 1.82) is 0 Å². The van der Waals surface area contributed by atoms with Crippen molar-refractivity contribution in [2.24, 2.45) is 0 Å². The van der Waals surface area contributed by atoms with Crippen LogP contribution in [-0.4, -0.2) is 4.70 Å². The van der Waals surface area contributed by atoms with Crippen LogP contribution in [0.3, 0.4) is 0 Å². The van der Waals surface area contributed by atoms with Crippen LogP contribution in [0.25, 0.3) is 0 Å². The molecule has 0 saturated heterocycles. The first-order valence-corrected chi connectivity index (χ1v) is 1.48. The van der Waals surface area contributed by atoms with Gasteiger partial charge in [0, 0.05) is 21.8 Å². The topological polar surface area (TPSA) is 0 Å². The minimum absolute atomic E-state index is 0. The van der Waals surface area contributed by atoms with Gasteiger partial charge in [0.25, 0.3) is 0 Å². The number of rotatable bonds is 0. The number of thiocarbonyl (C=S) groups is 1. The Balaban J connectivity index is 0. The van der Waals surface area contributed by atoms with E-state index in [1.54, 1.807) is 0 Å². The van der Waals surface area contributed by atoms with E-state index >= 15 is 0 Å². The van der Waals surface area contributed by atoms with Crippen molar-refractivity contribution in [2.75, 3.05) is 0 Å². The van der Waals surface area contributed by atoms with Crippen molar-refractivity contribution in [3.8, 4) is 0 Å². The summed E-state index contributed by atoms with van der Waals surface area (Å²) < 4.78 is 1.28.